The second-order valence-electron chi connectivity index (χ2n) is 4.12. The van der Waals surface area contributed by atoms with E-state index in [1.807, 2.05) is 11.8 Å². The molecule has 0 saturated heterocycles. The summed E-state index contributed by atoms with van der Waals surface area (Å²) in [5.41, 5.74) is 2.41. The van der Waals surface area contributed by atoms with Gasteiger partial charge >= 0.3 is 0 Å². The number of nitrogens with zero attached hydrogens (tertiary/aromatic N) is 2. The predicted octanol–water partition coefficient (Wildman–Crippen LogP) is 4.37. The summed E-state index contributed by atoms with van der Waals surface area (Å²) in [6.45, 7) is 0. The van der Waals surface area contributed by atoms with Crippen LogP contribution in [-0.4, -0.2) is 9.97 Å². The van der Waals surface area contributed by atoms with E-state index in [4.69, 9.17) is 0 Å². The summed E-state index contributed by atoms with van der Waals surface area (Å²) < 4.78 is 0. The third-order valence-electron chi connectivity index (χ3n) is 2.74. The van der Waals surface area contributed by atoms with E-state index < -0.39 is 0 Å². The van der Waals surface area contributed by atoms with Crippen LogP contribution in [0.1, 0.15) is 0 Å². The van der Waals surface area contributed by atoms with E-state index in [2.05, 4.69) is 63.8 Å². The van der Waals surface area contributed by atoms with Crippen molar-refractivity contribution in [2.45, 2.75) is 9.79 Å². The molecule has 2 heterocycles. The van der Waals surface area contributed by atoms with E-state index in [1.54, 1.807) is 18.5 Å². The number of rotatable bonds is 0. The summed E-state index contributed by atoms with van der Waals surface area (Å²) in [7, 11) is 0. The number of anilines is 2. The van der Waals surface area contributed by atoms with Gasteiger partial charge in [-0.1, -0.05) is 36.0 Å². The molecule has 0 atom stereocenters. The van der Waals surface area contributed by atoms with Crippen LogP contribution in [0.4, 0.5) is 11.4 Å². The minimum atomic E-state index is 1.20. The van der Waals surface area contributed by atoms with Crippen molar-refractivity contribution in [3.63, 3.8) is 0 Å². The molecule has 1 N–H and O–H groups in total. The zero-order valence-corrected chi connectivity index (χ0v) is 11.5. The van der Waals surface area contributed by atoms with E-state index in [9.17, 15) is 0 Å². The molecule has 4 heteroatoms. The van der Waals surface area contributed by atoms with Crippen molar-refractivity contribution in [3.8, 4) is 0 Å². The number of nitrogens with one attached hydrogen (secondary N) is 1. The Morgan fingerprint density at radius 1 is 0.700 bits per heavy atom. The first-order chi connectivity index (χ1) is 9.93. The third kappa shape index (κ3) is 2.97. The summed E-state index contributed by atoms with van der Waals surface area (Å²) in [6, 6.07) is 18.5. The number of hydrogen-bond acceptors (Lipinski definition) is 4. The number of benzene rings is 2. The maximum Gasteiger partial charge on any atom is 0.115 e. The van der Waals surface area contributed by atoms with Gasteiger partial charge in [-0.2, -0.15) is 0 Å². The SMILES string of the molecule is c1ccc2c(c1)Nc1ccccc1S2.c1cncnc1. The highest BCUT2D eigenvalue weighted by Gasteiger charge is 2.13. The Morgan fingerprint density at radius 2 is 1.25 bits per heavy atom. The van der Waals surface area contributed by atoms with Crippen LogP contribution >= 0.6 is 11.8 Å². The van der Waals surface area contributed by atoms with E-state index in [-0.39, 0.29) is 0 Å². The molecule has 1 aliphatic heterocycles. The monoisotopic (exact) mass is 279 g/mol. The number of hydrogen-bond donors (Lipinski definition) is 1. The Bertz CT molecular complexity index is 572. The van der Waals surface area contributed by atoms with Gasteiger partial charge in [0.25, 0.3) is 0 Å². The zero-order valence-electron chi connectivity index (χ0n) is 10.7. The van der Waals surface area contributed by atoms with Gasteiger partial charge in [0.05, 0.1) is 11.4 Å². The molecule has 0 bridgehead atoms. The van der Waals surface area contributed by atoms with Gasteiger partial charge in [-0.3, -0.25) is 0 Å². The first kappa shape index (κ1) is 12.7. The number of fused-ring (bicyclic) bond motifs is 2. The van der Waals surface area contributed by atoms with Crippen molar-refractivity contribution in [3.05, 3.63) is 73.3 Å². The Hall–Kier alpha value is -2.33. The molecule has 0 aliphatic carbocycles. The lowest BCUT2D eigenvalue weighted by molar-refractivity contribution is 1.17. The van der Waals surface area contributed by atoms with Crippen LogP contribution in [0.25, 0.3) is 0 Å². The Balaban J connectivity index is 0.000000170. The van der Waals surface area contributed by atoms with Crippen molar-refractivity contribution in [1.82, 2.24) is 9.97 Å². The Morgan fingerprint density at radius 3 is 1.70 bits per heavy atom. The number of para-hydroxylation sites is 2. The first-order valence-corrected chi connectivity index (χ1v) is 7.08. The van der Waals surface area contributed by atoms with Crippen LogP contribution in [0, 0.1) is 0 Å². The van der Waals surface area contributed by atoms with Crippen LogP contribution in [0.2, 0.25) is 0 Å². The molecular formula is C16H13N3S. The molecule has 0 amide bonds. The fourth-order valence-corrected chi connectivity index (χ4v) is 2.82. The lowest BCUT2D eigenvalue weighted by atomic mass is 10.2. The van der Waals surface area contributed by atoms with Gasteiger partial charge in [0.1, 0.15) is 6.33 Å². The van der Waals surface area contributed by atoms with E-state index in [0.29, 0.717) is 0 Å². The molecule has 0 radical (unpaired) electrons. The van der Waals surface area contributed by atoms with Crippen molar-refractivity contribution < 1.29 is 0 Å². The third-order valence-corrected chi connectivity index (χ3v) is 3.89. The minimum absolute atomic E-state index is 1.20. The maximum atomic E-state index is 3.67. The average Bonchev–Trinajstić information content (AvgIpc) is 2.55. The highest BCUT2D eigenvalue weighted by molar-refractivity contribution is 7.99. The van der Waals surface area contributed by atoms with Gasteiger partial charge in [-0.25, -0.2) is 9.97 Å². The topological polar surface area (TPSA) is 37.8 Å². The summed E-state index contributed by atoms with van der Waals surface area (Å²) in [4.78, 5) is 9.94. The largest absolute Gasteiger partial charge is 0.354 e. The van der Waals surface area contributed by atoms with Crippen molar-refractivity contribution in [2.24, 2.45) is 0 Å². The second kappa shape index (κ2) is 6.21. The molecule has 3 nitrogen and oxygen atoms in total. The first-order valence-electron chi connectivity index (χ1n) is 6.26. The highest BCUT2D eigenvalue weighted by Crippen LogP contribution is 2.43. The molecule has 98 valence electrons. The second-order valence-corrected chi connectivity index (χ2v) is 5.21. The maximum absolute atomic E-state index is 3.67. The van der Waals surface area contributed by atoms with Crippen LogP contribution in [-0.2, 0) is 0 Å². The van der Waals surface area contributed by atoms with Crippen LogP contribution in [0.5, 0.6) is 0 Å². The summed E-state index contributed by atoms with van der Waals surface area (Å²) in [5.74, 6) is 0. The lowest BCUT2D eigenvalue weighted by Gasteiger charge is -2.19. The van der Waals surface area contributed by atoms with Crippen molar-refractivity contribution >= 4 is 23.1 Å². The summed E-state index contributed by atoms with van der Waals surface area (Å²) in [5, 5.41) is 3.42. The molecule has 0 fully saturated rings. The molecule has 2 aromatic carbocycles. The molecule has 20 heavy (non-hydrogen) atoms. The smallest absolute Gasteiger partial charge is 0.115 e. The van der Waals surface area contributed by atoms with Crippen LogP contribution in [0.15, 0.2) is 83.1 Å². The lowest BCUT2D eigenvalue weighted by Crippen LogP contribution is -1.98. The molecular weight excluding hydrogens is 266 g/mol. The van der Waals surface area contributed by atoms with Gasteiger partial charge in [0.15, 0.2) is 0 Å². The Labute approximate surface area is 122 Å². The van der Waals surface area contributed by atoms with Gasteiger partial charge in [0, 0.05) is 22.2 Å². The fourth-order valence-electron chi connectivity index (χ4n) is 1.83. The van der Waals surface area contributed by atoms with E-state index in [1.165, 1.54) is 27.5 Å². The molecule has 0 saturated carbocycles. The molecule has 0 unspecified atom stereocenters. The zero-order chi connectivity index (χ0) is 13.6. The van der Waals surface area contributed by atoms with Crippen LogP contribution < -0.4 is 5.32 Å². The normalized spacial score (nSPS) is 11.2. The molecule has 1 aliphatic rings. The highest BCUT2D eigenvalue weighted by atomic mass is 32.2. The molecule has 3 aromatic rings. The van der Waals surface area contributed by atoms with E-state index >= 15 is 0 Å². The summed E-state index contributed by atoms with van der Waals surface area (Å²) in [6.07, 6.45) is 4.88. The average molecular weight is 279 g/mol. The Kier molecular flexibility index (Phi) is 3.94. The fraction of sp³-hybridized carbons (Fsp3) is 0. The van der Waals surface area contributed by atoms with E-state index in [0.717, 1.165) is 0 Å². The van der Waals surface area contributed by atoms with Gasteiger partial charge in [-0.15, -0.1) is 0 Å². The standard InChI is InChI=1S/C12H9NS.C4H4N2/c1-3-7-11-9(5-1)13-10-6-2-4-8-12(10)14-11;1-2-5-4-6-3-1/h1-8,13H;1-4H. The molecule has 0 spiro atoms. The van der Waals surface area contributed by atoms with Crippen molar-refractivity contribution in [1.29, 1.82) is 0 Å². The predicted molar refractivity (Wildman–Crippen MR) is 82.3 cm³/mol. The molecule has 1 aromatic heterocycles. The quantitative estimate of drug-likeness (QED) is 0.518. The molecule has 4 rings (SSSR count). The minimum Gasteiger partial charge on any atom is -0.354 e. The van der Waals surface area contributed by atoms with Gasteiger partial charge in [0.2, 0.25) is 0 Å². The van der Waals surface area contributed by atoms with Crippen molar-refractivity contribution in [2.75, 3.05) is 5.32 Å². The van der Waals surface area contributed by atoms with Crippen LogP contribution in [0.3, 0.4) is 0 Å². The van der Waals surface area contributed by atoms with Gasteiger partial charge in [-0.05, 0) is 30.3 Å². The van der Waals surface area contributed by atoms with Gasteiger partial charge < -0.3 is 5.32 Å². The number of aromatic nitrogens is 2. The summed E-state index contributed by atoms with van der Waals surface area (Å²) >= 11 is 1.82.